The van der Waals surface area contributed by atoms with E-state index in [0.29, 0.717) is 31.5 Å². The van der Waals surface area contributed by atoms with Crippen LogP contribution in [0.25, 0.3) is 10.9 Å². The van der Waals surface area contributed by atoms with E-state index >= 15 is 0 Å². The molecule has 0 aliphatic carbocycles. The second kappa shape index (κ2) is 10.5. The first kappa shape index (κ1) is 22.8. The van der Waals surface area contributed by atoms with Crippen LogP contribution in [0.3, 0.4) is 0 Å². The number of para-hydroxylation sites is 1. The molecule has 2 N–H and O–H groups in total. The molecule has 2 heterocycles. The van der Waals surface area contributed by atoms with Crippen molar-refractivity contribution in [2.75, 3.05) is 37.6 Å². The average molecular weight is 454 g/mol. The van der Waals surface area contributed by atoms with Crippen LogP contribution >= 0.6 is 11.6 Å². The van der Waals surface area contributed by atoms with E-state index in [2.05, 4.69) is 39.9 Å². The molecule has 4 rings (SSSR count). The van der Waals surface area contributed by atoms with Gasteiger partial charge >= 0.3 is 0 Å². The number of aryl methyl sites for hydroxylation is 1. The zero-order chi connectivity index (χ0) is 22.5. The number of halogens is 1. The lowest BCUT2D eigenvalue weighted by Gasteiger charge is -2.37. The lowest BCUT2D eigenvalue weighted by Crippen LogP contribution is -2.48. The summed E-state index contributed by atoms with van der Waals surface area (Å²) in [7, 11) is 0. The highest BCUT2D eigenvalue weighted by molar-refractivity contribution is 6.34. The van der Waals surface area contributed by atoms with E-state index in [4.69, 9.17) is 11.6 Å². The lowest BCUT2D eigenvalue weighted by atomic mass is 10.1. The first-order chi connectivity index (χ1) is 15.5. The van der Waals surface area contributed by atoms with Crippen molar-refractivity contribution >= 4 is 34.0 Å². The second-order valence-corrected chi connectivity index (χ2v) is 9.01. The van der Waals surface area contributed by atoms with Gasteiger partial charge in [-0.05, 0) is 43.0 Å². The summed E-state index contributed by atoms with van der Waals surface area (Å²) in [5.74, 6) is 0.105. The molecule has 0 amide bonds. The molecular formula is C26H32ClN3O2. The predicted octanol–water partition coefficient (Wildman–Crippen LogP) is 4.92. The molecule has 1 aliphatic rings. The average Bonchev–Trinajstić information content (AvgIpc) is 3.24. The van der Waals surface area contributed by atoms with Gasteiger partial charge in [0.05, 0.1) is 22.5 Å². The highest BCUT2D eigenvalue weighted by Gasteiger charge is 2.21. The van der Waals surface area contributed by atoms with Gasteiger partial charge in [-0.1, -0.05) is 48.9 Å². The standard InChI is InChI=1S/C26H32ClN3O2/c1-2-19-8-5-11-24(26(19)27)30-15-13-29(14-16-30)18-21(31)9-6-12-25(32)23-17-20-7-3-4-10-22(20)28-23/h3-5,7-8,10-11,17,21,28,31H,2,6,9,12-16,18H2,1H3/t21-/m0/s1. The number of Topliss-reactive ketones (excluding diaryl/α,β-unsaturated/α-hetero) is 1. The van der Waals surface area contributed by atoms with Crippen molar-refractivity contribution in [3.8, 4) is 0 Å². The van der Waals surface area contributed by atoms with Gasteiger partial charge < -0.3 is 15.0 Å². The molecule has 170 valence electrons. The lowest BCUT2D eigenvalue weighted by molar-refractivity contribution is 0.0913. The van der Waals surface area contributed by atoms with E-state index in [1.165, 1.54) is 5.56 Å². The third-order valence-electron chi connectivity index (χ3n) is 6.39. The molecular weight excluding hydrogens is 422 g/mol. The molecule has 2 aromatic carbocycles. The van der Waals surface area contributed by atoms with Gasteiger partial charge in [-0.2, -0.15) is 0 Å². The van der Waals surface area contributed by atoms with Gasteiger partial charge in [0.15, 0.2) is 5.78 Å². The summed E-state index contributed by atoms with van der Waals surface area (Å²) >= 11 is 6.59. The van der Waals surface area contributed by atoms with Crippen LogP contribution < -0.4 is 4.90 Å². The Morgan fingerprint density at radius 2 is 1.91 bits per heavy atom. The third-order valence-corrected chi connectivity index (χ3v) is 6.83. The van der Waals surface area contributed by atoms with Crippen molar-refractivity contribution in [3.63, 3.8) is 0 Å². The zero-order valence-corrected chi connectivity index (χ0v) is 19.4. The number of hydrogen-bond donors (Lipinski definition) is 2. The molecule has 1 aliphatic heterocycles. The molecule has 1 fully saturated rings. The number of aromatic nitrogens is 1. The van der Waals surface area contributed by atoms with Crippen LogP contribution in [0.1, 0.15) is 42.2 Å². The number of carbonyl (C=O) groups excluding carboxylic acids is 1. The van der Waals surface area contributed by atoms with Crippen molar-refractivity contribution in [2.45, 2.75) is 38.7 Å². The van der Waals surface area contributed by atoms with Crippen molar-refractivity contribution in [3.05, 3.63) is 64.8 Å². The van der Waals surface area contributed by atoms with Gasteiger partial charge in [0.2, 0.25) is 0 Å². The topological polar surface area (TPSA) is 59.6 Å². The molecule has 5 nitrogen and oxygen atoms in total. The second-order valence-electron chi connectivity index (χ2n) is 8.63. The number of H-pyrrole nitrogens is 1. The summed E-state index contributed by atoms with van der Waals surface area (Å²) in [6.07, 6.45) is 2.29. The summed E-state index contributed by atoms with van der Waals surface area (Å²) in [6.45, 7) is 6.38. The minimum atomic E-state index is -0.413. The number of aliphatic hydroxyl groups is 1. The van der Waals surface area contributed by atoms with Crippen LogP contribution in [0.15, 0.2) is 48.5 Å². The molecule has 0 bridgehead atoms. The summed E-state index contributed by atoms with van der Waals surface area (Å²) < 4.78 is 0. The molecule has 1 saturated heterocycles. The highest BCUT2D eigenvalue weighted by atomic mass is 35.5. The van der Waals surface area contributed by atoms with Crippen LogP contribution in [-0.4, -0.2) is 59.6 Å². The van der Waals surface area contributed by atoms with E-state index in [1.54, 1.807) is 0 Å². The van der Waals surface area contributed by atoms with Crippen LogP contribution in [0, 0.1) is 0 Å². The largest absolute Gasteiger partial charge is 0.392 e. The Morgan fingerprint density at radius 1 is 1.12 bits per heavy atom. The number of aliphatic hydroxyl groups excluding tert-OH is 1. The van der Waals surface area contributed by atoms with Gasteiger partial charge in [-0.15, -0.1) is 0 Å². The van der Waals surface area contributed by atoms with Crippen LogP contribution in [0.4, 0.5) is 5.69 Å². The maximum atomic E-state index is 12.5. The van der Waals surface area contributed by atoms with Crippen LogP contribution in [0.5, 0.6) is 0 Å². The Bertz CT molecular complexity index is 1020. The number of nitrogens with one attached hydrogen (secondary N) is 1. The third kappa shape index (κ3) is 5.34. The normalized spacial score (nSPS) is 15.9. The van der Waals surface area contributed by atoms with Crippen molar-refractivity contribution in [1.29, 1.82) is 0 Å². The quantitative estimate of drug-likeness (QED) is 0.451. The summed E-state index contributed by atoms with van der Waals surface area (Å²) in [5.41, 5.74) is 3.94. The number of aromatic amines is 1. The number of hydrogen-bond acceptors (Lipinski definition) is 4. The summed E-state index contributed by atoms with van der Waals surface area (Å²) in [4.78, 5) is 20.3. The molecule has 0 spiro atoms. The molecule has 32 heavy (non-hydrogen) atoms. The minimum Gasteiger partial charge on any atom is -0.392 e. The highest BCUT2D eigenvalue weighted by Crippen LogP contribution is 2.30. The van der Waals surface area contributed by atoms with Gasteiger partial charge in [0.25, 0.3) is 0 Å². The molecule has 1 aromatic heterocycles. The molecule has 3 aromatic rings. The Balaban J connectivity index is 1.20. The Hall–Kier alpha value is -2.34. The maximum absolute atomic E-state index is 12.5. The maximum Gasteiger partial charge on any atom is 0.179 e. The Morgan fingerprint density at radius 3 is 2.66 bits per heavy atom. The van der Waals surface area contributed by atoms with Crippen molar-refractivity contribution in [1.82, 2.24) is 9.88 Å². The minimum absolute atomic E-state index is 0.105. The summed E-state index contributed by atoms with van der Waals surface area (Å²) in [5, 5.41) is 12.4. The number of fused-ring (bicyclic) bond motifs is 1. The predicted molar refractivity (Wildman–Crippen MR) is 132 cm³/mol. The molecule has 0 radical (unpaired) electrons. The number of carbonyl (C=O) groups is 1. The van der Waals surface area contributed by atoms with Gasteiger partial charge in [0.1, 0.15) is 0 Å². The van der Waals surface area contributed by atoms with Gasteiger partial charge in [-0.3, -0.25) is 9.69 Å². The number of nitrogens with zero attached hydrogens (tertiary/aromatic N) is 2. The van der Waals surface area contributed by atoms with E-state index < -0.39 is 6.10 Å². The van der Waals surface area contributed by atoms with E-state index in [1.807, 2.05) is 30.3 Å². The van der Waals surface area contributed by atoms with Gasteiger partial charge in [0, 0.05) is 50.0 Å². The van der Waals surface area contributed by atoms with Crippen molar-refractivity contribution < 1.29 is 9.90 Å². The number of ketones is 1. The number of β-amino-alcohol motifs (C(OH)–C–C–N with tert-alkyl or cyclic N) is 1. The smallest absolute Gasteiger partial charge is 0.179 e. The van der Waals surface area contributed by atoms with E-state index in [9.17, 15) is 9.90 Å². The molecule has 0 unspecified atom stereocenters. The first-order valence-corrected chi connectivity index (χ1v) is 12.0. The molecule has 0 saturated carbocycles. The van der Waals surface area contributed by atoms with Crippen LogP contribution in [0.2, 0.25) is 5.02 Å². The SMILES string of the molecule is CCc1cccc(N2CCN(C[C@@H](O)CCCC(=O)c3cc4ccccc4[nH]3)CC2)c1Cl. The summed E-state index contributed by atoms with van der Waals surface area (Å²) in [6, 6.07) is 16.1. The number of rotatable bonds is 9. The van der Waals surface area contributed by atoms with Crippen LogP contribution in [-0.2, 0) is 6.42 Å². The molecule has 6 heteroatoms. The number of anilines is 1. The molecule has 1 atom stereocenters. The fourth-order valence-corrected chi connectivity index (χ4v) is 4.88. The number of piperazine rings is 1. The first-order valence-electron chi connectivity index (χ1n) is 11.6. The Labute approximate surface area is 195 Å². The van der Waals surface area contributed by atoms with E-state index in [0.717, 1.165) is 54.2 Å². The fraction of sp³-hybridized carbons (Fsp3) is 0.423. The number of benzene rings is 2. The van der Waals surface area contributed by atoms with E-state index in [-0.39, 0.29) is 5.78 Å². The van der Waals surface area contributed by atoms with Gasteiger partial charge in [-0.25, -0.2) is 0 Å². The monoisotopic (exact) mass is 453 g/mol. The zero-order valence-electron chi connectivity index (χ0n) is 18.7. The fourth-order valence-electron chi connectivity index (χ4n) is 4.50. The Kier molecular flexibility index (Phi) is 7.51. The van der Waals surface area contributed by atoms with Crippen molar-refractivity contribution in [2.24, 2.45) is 0 Å².